The predicted molar refractivity (Wildman–Crippen MR) is 141 cm³/mol. The molecular weight excluding hydrogens is 461 g/mol. The second kappa shape index (κ2) is 9.19. The van der Waals surface area contributed by atoms with Crippen molar-refractivity contribution >= 4 is 38.8 Å². The Morgan fingerprint density at radius 2 is 1.71 bits per heavy atom. The summed E-state index contributed by atoms with van der Waals surface area (Å²) in [6.45, 7) is 2.03. The van der Waals surface area contributed by atoms with Gasteiger partial charge in [0.25, 0.3) is 5.91 Å². The number of carbonyl (C=O) groups excluding carboxylic acids is 1. The van der Waals surface area contributed by atoms with E-state index in [1.165, 1.54) is 29.5 Å². The van der Waals surface area contributed by atoms with Crippen molar-refractivity contribution in [3.63, 3.8) is 0 Å². The number of nitrogen functional groups attached to an aromatic ring is 1. The van der Waals surface area contributed by atoms with Crippen LogP contribution in [0.25, 0.3) is 32.6 Å². The van der Waals surface area contributed by atoms with Crippen molar-refractivity contribution in [2.24, 2.45) is 0 Å². The molecule has 3 aromatic carbocycles. The van der Waals surface area contributed by atoms with Crippen molar-refractivity contribution in [1.29, 1.82) is 0 Å². The minimum Gasteiger partial charge on any atom is -0.497 e. The smallest absolute Gasteiger partial charge is 0.267 e. The van der Waals surface area contributed by atoms with Crippen LogP contribution in [0.15, 0.2) is 78.9 Å². The summed E-state index contributed by atoms with van der Waals surface area (Å²) in [5.74, 6) is -0.0817. The Bertz CT molecular complexity index is 1540. The minimum atomic E-state index is -0.431. The molecular formula is C28H22FN3O2S. The maximum atomic E-state index is 13.6. The van der Waals surface area contributed by atoms with Gasteiger partial charge in [-0.05, 0) is 66.6 Å². The zero-order valence-electron chi connectivity index (χ0n) is 19.1. The molecule has 35 heavy (non-hydrogen) atoms. The Hall–Kier alpha value is -4.23. The Balaban J connectivity index is 1.66. The second-order valence-corrected chi connectivity index (χ2v) is 9.14. The quantitative estimate of drug-likeness (QED) is 0.284. The first-order valence-electron chi connectivity index (χ1n) is 10.9. The number of nitrogens with zero attached hydrogens (tertiary/aromatic N) is 1. The summed E-state index contributed by atoms with van der Waals surface area (Å²) >= 11 is 1.22. The molecule has 0 saturated heterocycles. The molecule has 0 fully saturated rings. The molecule has 5 rings (SSSR count). The number of anilines is 2. The molecule has 174 valence electrons. The topological polar surface area (TPSA) is 77.2 Å². The molecule has 0 atom stereocenters. The van der Waals surface area contributed by atoms with Crippen molar-refractivity contribution in [3.05, 3.63) is 95.1 Å². The summed E-state index contributed by atoms with van der Waals surface area (Å²) in [6, 6.07) is 23.5. The molecule has 0 spiro atoms. The van der Waals surface area contributed by atoms with Crippen LogP contribution in [0.1, 0.15) is 15.2 Å². The average Bonchev–Trinajstić information content (AvgIpc) is 3.20. The van der Waals surface area contributed by atoms with E-state index in [9.17, 15) is 9.18 Å². The highest BCUT2D eigenvalue weighted by Gasteiger charge is 2.22. The largest absolute Gasteiger partial charge is 0.497 e. The first kappa shape index (κ1) is 22.6. The molecule has 0 bridgehead atoms. The molecule has 5 aromatic rings. The molecule has 0 aliphatic rings. The van der Waals surface area contributed by atoms with Crippen LogP contribution in [0, 0.1) is 12.7 Å². The number of pyridine rings is 1. The summed E-state index contributed by atoms with van der Waals surface area (Å²) in [4.78, 5) is 18.9. The van der Waals surface area contributed by atoms with Crippen LogP contribution in [0.2, 0.25) is 0 Å². The van der Waals surface area contributed by atoms with Crippen LogP contribution in [0.5, 0.6) is 5.75 Å². The SMILES string of the molecule is COc1ccc(-c2cc(-c3ccc(C)cc3)c3c(N)c(C(=O)Nc4cccc(F)c4)sc3n2)cc1. The lowest BCUT2D eigenvalue weighted by atomic mass is 9.98. The number of aryl methyl sites for hydroxylation is 1. The lowest BCUT2D eigenvalue weighted by Crippen LogP contribution is -2.12. The first-order chi connectivity index (χ1) is 16.9. The summed E-state index contributed by atoms with van der Waals surface area (Å²) in [6.07, 6.45) is 0. The third kappa shape index (κ3) is 4.46. The summed E-state index contributed by atoms with van der Waals surface area (Å²) in [7, 11) is 1.62. The van der Waals surface area contributed by atoms with Gasteiger partial charge in [-0.25, -0.2) is 9.37 Å². The van der Waals surface area contributed by atoms with Crippen LogP contribution in [-0.4, -0.2) is 18.0 Å². The van der Waals surface area contributed by atoms with Gasteiger partial charge in [0.1, 0.15) is 21.3 Å². The van der Waals surface area contributed by atoms with Crippen LogP contribution in [0.3, 0.4) is 0 Å². The summed E-state index contributed by atoms with van der Waals surface area (Å²) in [5, 5.41) is 3.46. The standard InChI is InChI=1S/C28H22FN3O2S/c1-16-6-8-17(9-7-16)22-15-23(18-10-12-21(34-2)13-11-18)32-28-24(22)25(30)26(35-28)27(33)31-20-5-3-4-19(29)14-20/h3-15H,30H2,1-2H3,(H,31,33). The predicted octanol–water partition coefficient (Wildman–Crippen LogP) is 6.92. The van der Waals surface area contributed by atoms with Gasteiger partial charge >= 0.3 is 0 Å². The van der Waals surface area contributed by atoms with Gasteiger partial charge in [-0.1, -0.05) is 35.9 Å². The number of methoxy groups -OCH3 is 1. The van der Waals surface area contributed by atoms with Gasteiger partial charge in [-0.15, -0.1) is 11.3 Å². The average molecular weight is 484 g/mol. The summed E-state index contributed by atoms with van der Waals surface area (Å²) < 4.78 is 18.9. The van der Waals surface area contributed by atoms with E-state index in [2.05, 4.69) is 5.32 Å². The van der Waals surface area contributed by atoms with Gasteiger partial charge in [0.05, 0.1) is 18.5 Å². The van der Waals surface area contributed by atoms with E-state index in [1.54, 1.807) is 13.2 Å². The zero-order chi connectivity index (χ0) is 24.5. The van der Waals surface area contributed by atoms with Crippen LogP contribution >= 0.6 is 11.3 Å². The van der Waals surface area contributed by atoms with Gasteiger partial charge in [0.15, 0.2) is 0 Å². The van der Waals surface area contributed by atoms with E-state index >= 15 is 0 Å². The number of hydrogen-bond acceptors (Lipinski definition) is 5. The minimum absolute atomic E-state index is 0.331. The van der Waals surface area contributed by atoms with E-state index in [0.717, 1.165) is 39.1 Å². The Morgan fingerprint density at radius 1 is 1.00 bits per heavy atom. The molecule has 2 heterocycles. The van der Waals surface area contributed by atoms with E-state index < -0.39 is 11.7 Å². The molecule has 0 saturated carbocycles. The zero-order valence-corrected chi connectivity index (χ0v) is 19.9. The Kier molecular flexibility index (Phi) is 5.93. The molecule has 0 aliphatic carbocycles. The maximum Gasteiger partial charge on any atom is 0.267 e. The monoisotopic (exact) mass is 483 g/mol. The van der Waals surface area contributed by atoms with E-state index in [1.807, 2.05) is 61.5 Å². The number of carbonyl (C=O) groups is 1. The molecule has 0 aliphatic heterocycles. The van der Waals surface area contributed by atoms with Gasteiger partial charge in [0.2, 0.25) is 0 Å². The lowest BCUT2D eigenvalue weighted by Gasteiger charge is -2.10. The van der Waals surface area contributed by atoms with E-state index in [0.29, 0.717) is 21.1 Å². The van der Waals surface area contributed by atoms with Crippen molar-refractivity contribution in [1.82, 2.24) is 4.98 Å². The molecule has 0 unspecified atom stereocenters. The van der Waals surface area contributed by atoms with Crippen LogP contribution in [0.4, 0.5) is 15.8 Å². The Labute approximate surface area is 206 Å². The van der Waals surface area contributed by atoms with E-state index in [4.69, 9.17) is 15.5 Å². The highest BCUT2D eigenvalue weighted by molar-refractivity contribution is 7.21. The Morgan fingerprint density at radius 3 is 2.40 bits per heavy atom. The first-order valence-corrected chi connectivity index (χ1v) is 11.8. The molecule has 2 aromatic heterocycles. The third-order valence-electron chi connectivity index (χ3n) is 5.74. The molecule has 5 nitrogen and oxygen atoms in total. The highest BCUT2D eigenvalue weighted by atomic mass is 32.1. The fourth-order valence-electron chi connectivity index (χ4n) is 3.91. The van der Waals surface area contributed by atoms with Crippen LogP contribution < -0.4 is 15.8 Å². The normalized spacial score (nSPS) is 10.9. The summed E-state index contributed by atoms with van der Waals surface area (Å²) in [5.41, 5.74) is 11.9. The maximum absolute atomic E-state index is 13.6. The lowest BCUT2D eigenvalue weighted by molar-refractivity contribution is 0.103. The molecule has 7 heteroatoms. The number of benzene rings is 3. The second-order valence-electron chi connectivity index (χ2n) is 8.14. The fourth-order valence-corrected chi connectivity index (χ4v) is 4.93. The number of nitrogens with one attached hydrogen (secondary N) is 1. The number of amides is 1. The van der Waals surface area contributed by atoms with Crippen molar-refractivity contribution in [2.45, 2.75) is 6.92 Å². The number of nitrogens with two attached hydrogens (primary N) is 1. The third-order valence-corrected chi connectivity index (χ3v) is 6.83. The highest BCUT2D eigenvalue weighted by Crippen LogP contribution is 2.41. The van der Waals surface area contributed by atoms with Gasteiger partial charge in [0, 0.05) is 16.6 Å². The van der Waals surface area contributed by atoms with Crippen molar-refractivity contribution < 1.29 is 13.9 Å². The molecule has 1 amide bonds. The van der Waals surface area contributed by atoms with Crippen LogP contribution in [-0.2, 0) is 0 Å². The number of halogens is 1. The van der Waals surface area contributed by atoms with Gasteiger partial charge in [-0.2, -0.15) is 0 Å². The number of aromatic nitrogens is 1. The number of thiophene rings is 1. The fraction of sp³-hybridized carbons (Fsp3) is 0.0714. The van der Waals surface area contributed by atoms with Gasteiger partial charge in [-0.3, -0.25) is 4.79 Å². The number of ether oxygens (including phenoxy) is 1. The number of fused-ring (bicyclic) bond motifs is 1. The number of hydrogen-bond donors (Lipinski definition) is 2. The molecule has 3 N–H and O–H groups in total. The van der Waals surface area contributed by atoms with Crippen molar-refractivity contribution in [3.8, 4) is 28.1 Å². The number of rotatable bonds is 5. The molecule has 0 radical (unpaired) electrons. The van der Waals surface area contributed by atoms with E-state index in [-0.39, 0.29) is 0 Å². The van der Waals surface area contributed by atoms with Crippen molar-refractivity contribution in [2.75, 3.05) is 18.2 Å². The van der Waals surface area contributed by atoms with Gasteiger partial charge < -0.3 is 15.8 Å².